The number of halogens is 3. The third kappa shape index (κ3) is 7.05. The molecular formula is C16H21F3N4O7. The van der Waals surface area contributed by atoms with E-state index in [1.165, 1.54) is 4.90 Å². The lowest BCUT2D eigenvalue weighted by atomic mass is 9.99. The van der Waals surface area contributed by atoms with Gasteiger partial charge < -0.3 is 35.0 Å². The van der Waals surface area contributed by atoms with Gasteiger partial charge in [0.05, 0.1) is 37.8 Å². The van der Waals surface area contributed by atoms with Crippen molar-refractivity contribution in [2.24, 2.45) is 0 Å². The number of alkyl halides is 3. The van der Waals surface area contributed by atoms with Crippen molar-refractivity contribution < 1.29 is 47.6 Å². The molecule has 0 bridgehead atoms. The summed E-state index contributed by atoms with van der Waals surface area (Å²) in [6.45, 7) is -1.31. The third-order valence-corrected chi connectivity index (χ3v) is 4.07. The Morgan fingerprint density at radius 3 is 2.47 bits per heavy atom. The normalized spacial score (nSPS) is 22.0. The zero-order chi connectivity index (χ0) is 22.3. The number of anilines is 1. The van der Waals surface area contributed by atoms with Crippen molar-refractivity contribution in [3.63, 3.8) is 0 Å². The summed E-state index contributed by atoms with van der Waals surface area (Å²) >= 11 is 0. The summed E-state index contributed by atoms with van der Waals surface area (Å²) in [4.78, 5) is 30.5. The number of carboxylic acids is 1. The number of rotatable bonds is 9. The number of β-amino-alcohol motifs (C(OH)–C–C–N with tert-alkyl or cyclic N) is 1. The number of aliphatic hydroxyl groups excluding tert-OH is 2. The number of carboxylic acid groups (broad SMARTS) is 1. The Morgan fingerprint density at radius 2 is 1.83 bits per heavy atom. The molecular weight excluding hydrogens is 417 g/mol. The van der Waals surface area contributed by atoms with E-state index >= 15 is 0 Å². The molecule has 11 nitrogen and oxygen atoms in total. The van der Waals surface area contributed by atoms with Gasteiger partial charge in [0.15, 0.2) is 5.69 Å². The van der Waals surface area contributed by atoms with Crippen molar-refractivity contribution in [1.82, 2.24) is 14.9 Å². The predicted molar refractivity (Wildman–Crippen MR) is 92.3 cm³/mol. The van der Waals surface area contributed by atoms with Crippen LogP contribution in [0.3, 0.4) is 0 Å². The van der Waals surface area contributed by atoms with Gasteiger partial charge in [-0.3, -0.25) is 9.78 Å². The molecule has 0 aromatic carbocycles. The molecule has 0 saturated carbocycles. The van der Waals surface area contributed by atoms with Crippen molar-refractivity contribution in [2.75, 3.05) is 44.8 Å². The highest BCUT2D eigenvalue weighted by Gasteiger charge is 2.38. The highest BCUT2D eigenvalue weighted by Crippen LogP contribution is 2.27. The zero-order valence-electron chi connectivity index (χ0n) is 15.6. The molecule has 0 unspecified atom stereocenters. The number of nitrogens with zero attached hydrogens (tertiary/aromatic N) is 3. The maximum atomic E-state index is 12.8. The molecule has 1 fully saturated rings. The molecule has 2 heterocycles. The van der Waals surface area contributed by atoms with Gasteiger partial charge in [-0.05, 0) is 0 Å². The van der Waals surface area contributed by atoms with Crippen LogP contribution in [0.4, 0.5) is 19.0 Å². The van der Waals surface area contributed by atoms with Gasteiger partial charge in [0, 0.05) is 13.1 Å². The summed E-state index contributed by atoms with van der Waals surface area (Å²) < 4.78 is 48.1. The maximum absolute atomic E-state index is 12.8. The number of piperidine rings is 1. The van der Waals surface area contributed by atoms with Crippen LogP contribution in [0.25, 0.3) is 0 Å². The molecule has 3 atom stereocenters. The zero-order valence-corrected chi connectivity index (χ0v) is 15.6. The Balaban J connectivity index is 1.90. The van der Waals surface area contributed by atoms with Crippen LogP contribution in [0.2, 0.25) is 0 Å². The van der Waals surface area contributed by atoms with Gasteiger partial charge in [0.2, 0.25) is 5.91 Å². The number of aromatic nitrogens is 2. The van der Waals surface area contributed by atoms with E-state index in [0.29, 0.717) is 6.20 Å². The Bertz CT molecular complexity index is 737. The largest absolute Gasteiger partial charge is 0.480 e. The highest BCUT2D eigenvalue weighted by molar-refractivity contribution is 5.77. The molecule has 14 heteroatoms. The average molecular weight is 438 g/mol. The SMILES string of the molecule is O=C(O)COCCOCC(=O)N1C[C@H](Nc2cncc(C(F)(F)F)n2)[C@@H](O)[C@@H](O)C1. The van der Waals surface area contributed by atoms with Gasteiger partial charge in [-0.15, -0.1) is 0 Å². The fourth-order valence-corrected chi connectivity index (χ4v) is 2.65. The summed E-state index contributed by atoms with van der Waals surface area (Å²) in [6.07, 6.45) is -5.85. The Kier molecular flexibility index (Phi) is 8.28. The first-order valence-electron chi connectivity index (χ1n) is 8.75. The van der Waals surface area contributed by atoms with Crippen molar-refractivity contribution >= 4 is 17.7 Å². The van der Waals surface area contributed by atoms with E-state index in [-0.39, 0.29) is 32.1 Å². The van der Waals surface area contributed by atoms with Crippen LogP contribution in [0.1, 0.15) is 5.69 Å². The number of carbonyl (C=O) groups excluding carboxylic acids is 1. The number of ether oxygens (including phenoxy) is 2. The van der Waals surface area contributed by atoms with Crippen molar-refractivity contribution in [2.45, 2.75) is 24.4 Å². The van der Waals surface area contributed by atoms with E-state index in [1.54, 1.807) is 0 Å². The first-order chi connectivity index (χ1) is 14.1. The lowest BCUT2D eigenvalue weighted by molar-refractivity contribution is -0.146. The molecule has 1 aromatic heterocycles. The van der Waals surface area contributed by atoms with Crippen LogP contribution in [-0.2, 0) is 25.2 Å². The summed E-state index contributed by atoms with van der Waals surface area (Å²) in [7, 11) is 0. The van der Waals surface area contributed by atoms with Gasteiger partial charge in [0.25, 0.3) is 0 Å². The first-order valence-corrected chi connectivity index (χ1v) is 8.75. The summed E-state index contributed by atoms with van der Waals surface area (Å²) in [5.41, 5.74) is -1.23. The predicted octanol–water partition coefficient (Wildman–Crippen LogP) is -1.04. The van der Waals surface area contributed by atoms with E-state index in [2.05, 4.69) is 15.3 Å². The highest BCUT2D eigenvalue weighted by atomic mass is 19.4. The minimum absolute atomic E-state index is 0.0421. The number of amides is 1. The number of nitrogens with one attached hydrogen (secondary N) is 1. The Hall–Kier alpha value is -2.55. The van der Waals surface area contributed by atoms with Gasteiger partial charge >= 0.3 is 12.1 Å². The van der Waals surface area contributed by atoms with Crippen molar-refractivity contribution in [3.8, 4) is 0 Å². The lowest BCUT2D eigenvalue weighted by Crippen LogP contribution is -2.60. The second-order valence-corrected chi connectivity index (χ2v) is 6.39. The second-order valence-electron chi connectivity index (χ2n) is 6.39. The minimum Gasteiger partial charge on any atom is -0.480 e. The van der Waals surface area contributed by atoms with E-state index in [1.807, 2.05) is 0 Å². The van der Waals surface area contributed by atoms with Crippen LogP contribution in [0, 0.1) is 0 Å². The van der Waals surface area contributed by atoms with Gasteiger partial charge in [-0.2, -0.15) is 13.2 Å². The van der Waals surface area contributed by atoms with E-state index in [9.17, 15) is 33.0 Å². The molecule has 0 radical (unpaired) electrons. The molecule has 168 valence electrons. The van der Waals surface area contributed by atoms with E-state index < -0.39 is 55.2 Å². The van der Waals surface area contributed by atoms with Crippen LogP contribution in [-0.4, -0.2) is 99.8 Å². The molecule has 1 saturated heterocycles. The van der Waals surface area contributed by atoms with Crippen LogP contribution >= 0.6 is 0 Å². The quantitative estimate of drug-likeness (QED) is 0.351. The Morgan fingerprint density at radius 1 is 1.17 bits per heavy atom. The number of aliphatic hydroxyl groups is 2. The molecule has 1 aromatic rings. The summed E-state index contributed by atoms with van der Waals surface area (Å²) in [5.74, 6) is -1.96. The number of aliphatic carboxylic acids is 1. The standard InChI is InChI=1S/C16H21F3N4O7/c17-16(18,19)11-3-20-4-12(22-11)21-9-5-23(6-10(24)15(9)28)13(25)7-29-1-2-30-8-14(26)27/h3-4,9-10,15,24,28H,1-2,5-8H2,(H,21,22)(H,26,27)/t9-,10-,15+/m0/s1. The summed E-state index contributed by atoms with van der Waals surface area (Å²) in [6, 6.07) is -1.01. The number of likely N-dealkylation sites (tertiary alicyclic amines) is 1. The minimum atomic E-state index is -4.71. The van der Waals surface area contributed by atoms with Crippen LogP contribution in [0.5, 0.6) is 0 Å². The molecule has 1 aliphatic rings. The Labute approximate surface area is 168 Å². The monoisotopic (exact) mass is 438 g/mol. The molecule has 0 spiro atoms. The van der Waals surface area contributed by atoms with Gasteiger partial charge in [0.1, 0.15) is 25.1 Å². The molecule has 4 N–H and O–H groups in total. The lowest BCUT2D eigenvalue weighted by Gasteiger charge is -2.39. The van der Waals surface area contributed by atoms with Gasteiger partial charge in [-0.1, -0.05) is 0 Å². The van der Waals surface area contributed by atoms with Crippen molar-refractivity contribution in [1.29, 1.82) is 0 Å². The van der Waals surface area contributed by atoms with Gasteiger partial charge in [-0.25, -0.2) is 9.78 Å². The van der Waals surface area contributed by atoms with Crippen molar-refractivity contribution in [3.05, 3.63) is 18.1 Å². The number of hydrogen-bond acceptors (Lipinski definition) is 9. The third-order valence-electron chi connectivity index (χ3n) is 4.07. The molecule has 1 aliphatic heterocycles. The average Bonchev–Trinajstić information content (AvgIpc) is 2.67. The summed E-state index contributed by atoms with van der Waals surface area (Å²) in [5, 5.41) is 31.1. The van der Waals surface area contributed by atoms with Crippen LogP contribution < -0.4 is 5.32 Å². The fourth-order valence-electron chi connectivity index (χ4n) is 2.65. The van der Waals surface area contributed by atoms with Crippen LogP contribution in [0.15, 0.2) is 12.4 Å². The molecule has 2 rings (SSSR count). The second kappa shape index (κ2) is 10.5. The number of carbonyl (C=O) groups is 2. The van der Waals surface area contributed by atoms with E-state index in [0.717, 1.165) is 6.20 Å². The fraction of sp³-hybridized carbons (Fsp3) is 0.625. The topological polar surface area (TPSA) is 154 Å². The van der Waals surface area contributed by atoms with E-state index in [4.69, 9.17) is 14.6 Å². The first kappa shape index (κ1) is 23.7. The molecule has 0 aliphatic carbocycles. The molecule has 1 amide bonds. The smallest absolute Gasteiger partial charge is 0.434 e. The maximum Gasteiger partial charge on any atom is 0.434 e. The molecule has 30 heavy (non-hydrogen) atoms. The number of hydrogen-bond donors (Lipinski definition) is 4.